The van der Waals surface area contributed by atoms with Crippen molar-refractivity contribution < 1.29 is 18.7 Å². The highest BCUT2D eigenvalue weighted by molar-refractivity contribution is 6.05. The zero-order valence-corrected chi connectivity index (χ0v) is 21.9. The van der Waals surface area contributed by atoms with Crippen LogP contribution in [-0.4, -0.2) is 25.0 Å². The van der Waals surface area contributed by atoms with E-state index in [1.807, 2.05) is 36.4 Å². The van der Waals surface area contributed by atoms with Gasteiger partial charge in [-0.2, -0.15) is 0 Å². The first-order chi connectivity index (χ1) is 19.5. The molecule has 0 radical (unpaired) electrons. The molecule has 0 bridgehead atoms. The minimum Gasteiger partial charge on any atom is -0.492 e. The van der Waals surface area contributed by atoms with Gasteiger partial charge in [-0.1, -0.05) is 54.6 Å². The summed E-state index contributed by atoms with van der Waals surface area (Å²) in [4.78, 5) is 25.1. The summed E-state index contributed by atoms with van der Waals surface area (Å²) in [5.74, 6) is 0.259. The summed E-state index contributed by atoms with van der Waals surface area (Å²) in [6, 6.07) is 31.7. The molecule has 5 aromatic rings. The third kappa shape index (κ3) is 6.86. The molecule has 8 heteroatoms. The summed E-state index contributed by atoms with van der Waals surface area (Å²) in [6.45, 7) is 2.02. The van der Waals surface area contributed by atoms with Crippen molar-refractivity contribution in [2.24, 2.45) is 0 Å². The van der Waals surface area contributed by atoms with E-state index >= 15 is 0 Å². The number of carbonyl (C=O) groups is 2. The fraction of sp³-hybridized carbons (Fsp3) is 0.125. The summed E-state index contributed by atoms with van der Waals surface area (Å²) in [5, 5.41) is 9.89. The number of rotatable bonds is 11. The van der Waals surface area contributed by atoms with Crippen molar-refractivity contribution in [2.75, 3.05) is 24.2 Å². The predicted molar refractivity (Wildman–Crippen MR) is 156 cm³/mol. The Bertz CT molecular complexity index is 1600. The number of ether oxygens (including phenoxy) is 1. The molecular formula is C32H30N4O4. The highest BCUT2D eigenvalue weighted by atomic mass is 16.5. The lowest BCUT2D eigenvalue weighted by Gasteiger charge is -2.09. The highest BCUT2D eigenvalue weighted by Crippen LogP contribution is 2.21. The van der Waals surface area contributed by atoms with Gasteiger partial charge < -0.3 is 30.8 Å². The monoisotopic (exact) mass is 534 g/mol. The number of hydrogen-bond donors (Lipinski definition) is 4. The molecule has 2 amide bonds. The van der Waals surface area contributed by atoms with E-state index in [-0.39, 0.29) is 24.2 Å². The molecule has 0 unspecified atom stereocenters. The van der Waals surface area contributed by atoms with Crippen LogP contribution in [0.2, 0.25) is 0 Å². The number of anilines is 2. The van der Waals surface area contributed by atoms with Crippen LogP contribution in [0.25, 0.3) is 11.0 Å². The van der Waals surface area contributed by atoms with E-state index in [0.29, 0.717) is 41.4 Å². The average molecular weight is 535 g/mol. The zero-order valence-electron chi connectivity index (χ0n) is 21.9. The number of furan rings is 1. The van der Waals surface area contributed by atoms with Crippen LogP contribution in [0.15, 0.2) is 108 Å². The lowest BCUT2D eigenvalue weighted by atomic mass is 10.1. The molecule has 202 valence electrons. The fourth-order valence-electron chi connectivity index (χ4n) is 4.17. The van der Waals surface area contributed by atoms with Crippen molar-refractivity contribution in [3.8, 4) is 5.75 Å². The van der Waals surface area contributed by atoms with Crippen molar-refractivity contribution in [3.63, 3.8) is 0 Å². The molecule has 5 N–H and O–H groups in total. The molecule has 8 nitrogen and oxygen atoms in total. The average Bonchev–Trinajstić information content (AvgIpc) is 3.41. The molecule has 0 aliphatic heterocycles. The van der Waals surface area contributed by atoms with E-state index in [1.165, 1.54) is 5.56 Å². The lowest BCUT2D eigenvalue weighted by Crippen LogP contribution is -2.27. The molecule has 0 aliphatic rings. The predicted octanol–water partition coefficient (Wildman–Crippen LogP) is 5.37. The van der Waals surface area contributed by atoms with Gasteiger partial charge >= 0.3 is 0 Å². The zero-order chi connectivity index (χ0) is 27.7. The summed E-state index contributed by atoms with van der Waals surface area (Å²) >= 11 is 0. The maximum Gasteiger partial charge on any atom is 0.287 e. The third-order valence-corrected chi connectivity index (χ3v) is 6.29. The molecule has 0 spiro atoms. The van der Waals surface area contributed by atoms with Crippen LogP contribution in [0.3, 0.4) is 0 Å². The van der Waals surface area contributed by atoms with Gasteiger partial charge in [0.15, 0.2) is 5.76 Å². The maximum absolute atomic E-state index is 12.6. The van der Waals surface area contributed by atoms with E-state index in [1.54, 1.807) is 54.6 Å². The summed E-state index contributed by atoms with van der Waals surface area (Å²) in [6.07, 6.45) is 0. The van der Waals surface area contributed by atoms with Gasteiger partial charge in [-0.3, -0.25) is 9.59 Å². The Labute approximate surface area is 232 Å². The number of hydrogen-bond acceptors (Lipinski definition) is 6. The van der Waals surface area contributed by atoms with Crippen molar-refractivity contribution in [1.29, 1.82) is 0 Å². The first-order valence-electron chi connectivity index (χ1n) is 13.0. The van der Waals surface area contributed by atoms with Crippen LogP contribution in [0.1, 0.15) is 32.0 Å². The quantitative estimate of drug-likeness (QED) is 0.134. The number of carbonyl (C=O) groups excluding carboxylic acids is 2. The van der Waals surface area contributed by atoms with Gasteiger partial charge in [0, 0.05) is 24.0 Å². The van der Waals surface area contributed by atoms with Crippen LogP contribution in [0.5, 0.6) is 5.75 Å². The second-order valence-electron chi connectivity index (χ2n) is 9.24. The lowest BCUT2D eigenvalue weighted by molar-refractivity contribution is 0.0920. The highest BCUT2D eigenvalue weighted by Gasteiger charge is 2.13. The van der Waals surface area contributed by atoms with Crippen molar-refractivity contribution in [2.45, 2.75) is 13.1 Å². The van der Waals surface area contributed by atoms with Crippen LogP contribution in [0, 0.1) is 0 Å². The molecule has 0 saturated heterocycles. The van der Waals surface area contributed by atoms with Gasteiger partial charge in [0.2, 0.25) is 0 Å². The SMILES string of the molecule is Nc1ccccc1NC(=O)c1ccc(OCCNC(=O)c2cc3ccc(CNCc4ccccc4)cc3o2)cc1. The number of para-hydroxylation sites is 2. The maximum atomic E-state index is 12.6. The fourth-order valence-corrected chi connectivity index (χ4v) is 4.17. The summed E-state index contributed by atoms with van der Waals surface area (Å²) in [5.41, 5.74) is 10.4. The third-order valence-electron chi connectivity index (χ3n) is 6.29. The van der Waals surface area contributed by atoms with E-state index in [4.69, 9.17) is 14.9 Å². The minimum atomic E-state index is -0.309. The number of nitrogen functional groups attached to an aromatic ring is 1. The molecule has 5 rings (SSSR count). The van der Waals surface area contributed by atoms with E-state index in [9.17, 15) is 9.59 Å². The van der Waals surface area contributed by atoms with Crippen LogP contribution in [0.4, 0.5) is 11.4 Å². The van der Waals surface area contributed by atoms with Gasteiger partial charge in [-0.25, -0.2) is 0 Å². The molecule has 1 aromatic heterocycles. The van der Waals surface area contributed by atoms with E-state index in [0.717, 1.165) is 17.5 Å². The topological polar surface area (TPSA) is 119 Å². The molecule has 0 atom stereocenters. The summed E-state index contributed by atoms with van der Waals surface area (Å²) in [7, 11) is 0. The molecule has 40 heavy (non-hydrogen) atoms. The Morgan fingerprint density at radius 2 is 1.52 bits per heavy atom. The smallest absolute Gasteiger partial charge is 0.287 e. The Kier molecular flexibility index (Phi) is 8.38. The van der Waals surface area contributed by atoms with E-state index < -0.39 is 0 Å². The Morgan fingerprint density at radius 1 is 0.775 bits per heavy atom. The minimum absolute atomic E-state index is 0.249. The first kappa shape index (κ1) is 26.5. The van der Waals surface area contributed by atoms with E-state index in [2.05, 4.69) is 28.1 Å². The molecule has 0 fully saturated rings. The Hall–Kier alpha value is -5.08. The second kappa shape index (κ2) is 12.6. The molecule has 1 heterocycles. The van der Waals surface area contributed by atoms with Crippen molar-refractivity contribution >= 4 is 34.2 Å². The number of nitrogens with two attached hydrogens (primary N) is 1. The number of amides is 2. The summed E-state index contributed by atoms with van der Waals surface area (Å²) < 4.78 is 11.5. The van der Waals surface area contributed by atoms with Gasteiger partial charge in [0.25, 0.3) is 11.8 Å². The van der Waals surface area contributed by atoms with Gasteiger partial charge in [0.1, 0.15) is 17.9 Å². The first-order valence-corrected chi connectivity index (χ1v) is 13.0. The van der Waals surface area contributed by atoms with Crippen LogP contribution >= 0.6 is 0 Å². The van der Waals surface area contributed by atoms with Crippen LogP contribution in [-0.2, 0) is 13.1 Å². The Morgan fingerprint density at radius 3 is 2.33 bits per heavy atom. The van der Waals surface area contributed by atoms with Crippen molar-refractivity contribution in [3.05, 3.63) is 126 Å². The number of fused-ring (bicyclic) bond motifs is 1. The van der Waals surface area contributed by atoms with Crippen molar-refractivity contribution in [1.82, 2.24) is 10.6 Å². The van der Waals surface area contributed by atoms with Gasteiger partial charge in [-0.15, -0.1) is 0 Å². The van der Waals surface area contributed by atoms with Gasteiger partial charge in [0.05, 0.1) is 17.9 Å². The molecule has 0 saturated carbocycles. The van der Waals surface area contributed by atoms with Crippen LogP contribution < -0.4 is 26.4 Å². The standard InChI is InChI=1S/C32H30N4O4/c33-27-8-4-5-9-28(27)36-31(37)24-12-14-26(15-13-24)39-17-16-35-32(38)30-19-25-11-10-23(18-29(25)40-30)21-34-20-22-6-2-1-3-7-22/h1-15,18-19,34H,16-17,20-21,33H2,(H,35,38)(H,36,37). The normalized spacial score (nSPS) is 10.8. The van der Waals surface area contributed by atoms with Gasteiger partial charge in [-0.05, 0) is 59.7 Å². The molecule has 4 aromatic carbocycles. The number of nitrogens with one attached hydrogen (secondary N) is 3. The molecular weight excluding hydrogens is 504 g/mol. The Balaban J connectivity index is 1.06. The second-order valence-corrected chi connectivity index (χ2v) is 9.24. The number of benzene rings is 4. The molecule has 0 aliphatic carbocycles. The largest absolute Gasteiger partial charge is 0.492 e.